The number of morpholine rings is 1. The monoisotopic (exact) mass is 506 g/mol. The molecule has 1 unspecified atom stereocenters. The van der Waals surface area contributed by atoms with Crippen LogP contribution in [0.3, 0.4) is 0 Å². The summed E-state index contributed by atoms with van der Waals surface area (Å²) < 4.78 is 24.6. The van der Waals surface area contributed by atoms with Gasteiger partial charge in [0.05, 0.1) is 37.3 Å². The van der Waals surface area contributed by atoms with Crippen LogP contribution in [0.15, 0.2) is 64.5 Å². The summed E-state index contributed by atoms with van der Waals surface area (Å²) in [7, 11) is 1.65. The molecule has 2 aliphatic rings. The molecule has 1 aromatic heterocycles. The minimum atomic E-state index is -1.57. The molecule has 2 aromatic carbocycles. The molecule has 0 aliphatic carbocycles. The van der Waals surface area contributed by atoms with Crippen molar-refractivity contribution in [3.05, 3.63) is 65.9 Å². The lowest BCUT2D eigenvalue weighted by atomic mass is 10.1. The number of anilines is 3. The van der Waals surface area contributed by atoms with E-state index in [-0.39, 0.29) is 11.8 Å². The van der Waals surface area contributed by atoms with E-state index < -0.39 is 11.2 Å². The first-order valence-corrected chi connectivity index (χ1v) is 12.8. The molecule has 1 atom stereocenters. The number of amides is 2. The molecule has 2 amide bonds. The van der Waals surface area contributed by atoms with Crippen LogP contribution in [-0.4, -0.2) is 66.2 Å². The number of carbonyl (C=O) groups is 2. The van der Waals surface area contributed by atoms with Gasteiger partial charge in [0.15, 0.2) is 9.79 Å². The van der Waals surface area contributed by atoms with Gasteiger partial charge in [-0.2, -0.15) is 0 Å². The average molecular weight is 507 g/mol. The van der Waals surface area contributed by atoms with Gasteiger partial charge in [-0.05, 0) is 37.3 Å². The van der Waals surface area contributed by atoms with Crippen molar-refractivity contribution < 1.29 is 23.6 Å². The summed E-state index contributed by atoms with van der Waals surface area (Å²) in [6.45, 7) is 4.45. The van der Waals surface area contributed by atoms with Crippen molar-refractivity contribution in [1.29, 1.82) is 0 Å². The maximum absolute atomic E-state index is 13.5. The molecule has 9 nitrogen and oxygen atoms in total. The second kappa shape index (κ2) is 10.2. The third-order valence-electron chi connectivity index (χ3n) is 6.12. The van der Waals surface area contributed by atoms with Gasteiger partial charge in [0.1, 0.15) is 17.3 Å². The number of hydrogen-bond acceptors (Lipinski definition) is 7. The highest BCUT2D eigenvalue weighted by Gasteiger charge is 2.34. The van der Waals surface area contributed by atoms with Gasteiger partial charge in [-0.1, -0.05) is 12.1 Å². The molecule has 36 heavy (non-hydrogen) atoms. The summed E-state index contributed by atoms with van der Waals surface area (Å²) >= 11 is -1.57. The zero-order valence-electron chi connectivity index (χ0n) is 20.0. The molecule has 0 saturated carbocycles. The number of aromatic nitrogens is 1. The Morgan fingerprint density at radius 2 is 1.94 bits per heavy atom. The van der Waals surface area contributed by atoms with Crippen molar-refractivity contribution in [1.82, 2.24) is 9.88 Å². The molecular formula is C26H26N4O5S. The highest BCUT2D eigenvalue weighted by molar-refractivity contribution is 7.91. The van der Waals surface area contributed by atoms with Crippen LogP contribution in [0.1, 0.15) is 27.6 Å². The number of benzene rings is 2. The molecule has 10 heteroatoms. The van der Waals surface area contributed by atoms with E-state index in [1.54, 1.807) is 60.5 Å². The molecule has 2 aliphatic heterocycles. The molecular weight excluding hydrogens is 480 g/mol. The topological polar surface area (TPSA) is 107 Å². The second-order valence-corrected chi connectivity index (χ2v) is 9.76. The van der Waals surface area contributed by atoms with Crippen molar-refractivity contribution in [2.45, 2.75) is 16.7 Å². The van der Waals surface area contributed by atoms with E-state index in [1.807, 2.05) is 6.92 Å². The molecule has 0 bridgehead atoms. The van der Waals surface area contributed by atoms with Gasteiger partial charge in [-0.3, -0.25) is 9.59 Å². The fourth-order valence-electron chi connectivity index (χ4n) is 4.23. The first kappa shape index (κ1) is 24.1. The van der Waals surface area contributed by atoms with Crippen LogP contribution < -0.4 is 15.0 Å². The van der Waals surface area contributed by atoms with Crippen LogP contribution in [0.25, 0.3) is 0 Å². The Hall–Kier alpha value is -3.60. The van der Waals surface area contributed by atoms with Crippen LogP contribution in [-0.2, 0) is 15.9 Å². The predicted molar refractivity (Wildman–Crippen MR) is 136 cm³/mol. The Morgan fingerprint density at radius 3 is 2.72 bits per heavy atom. The van der Waals surface area contributed by atoms with E-state index in [4.69, 9.17) is 9.47 Å². The van der Waals surface area contributed by atoms with E-state index in [1.165, 1.54) is 11.1 Å². The number of fused-ring (bicyclic) bond motifs is 2. The van der Waals surface area contributed by atoms with Crippen molar-refractivity contribution in [2.75, 3.05) is 50.2 Å². The van der Waals surface area contributed by atoms with Crippen LogP contribution in [0.4, 0.5) is 17.2 Å². The smallest absolute Gasteiger partial charge is 0.263 e. The second-order valence-electron chi connectivity index (χ2n) is 8.34. The summed E-state index contributed by atoms with van der Waals surface area (Å²) in [5, 5.41) is 3.23. The Labute approximate surface area is 212 Å². The molecule has 0 spiro atoms. The molecule has 3 aromatic rings. The number of nitrogens with one attached hydrogen (secondary N) is 1. The number of hydrogen-bond donors (Lipinski definition) is 1. The standard InChI is InChI=1S/C26H26N4O5S/c1-3-35-21-14-17(25(31)30-10-12-34-13-11-30)8-9-19(21)28-24-15-23-20(16-27-24)29(2)26(32)18-6-4-5-7-22(18)36(23)33/h4-9,14-16H,3,10-13H2,1-2H3,(H,27,28). The fraction of sp³-hybridized carbons (Fsp3) is 0.269. The number of ether oxygens (including phenoxy) is 2. The Morgan fingerprint density at radius 1 is 1.17 bits per heavy atom. The number of nitrogens with zero attached hydrogens (tertiary/aromatic N) is 3. The van der Waals surface area contributed by atoms with E-state index in [2.05, 4.69) is 10.3 Å². The largest absolute Gasteiger partial charge is 0.606 e. The zero-order valence-corrected chi connectivity index (χ0v) is 20.8. The summed E-state index contributed by atoms with van der Waals surface area (Å²) in [5.41, 5.74) is 2.03. The van der Waals surface area contributed by atoms with E-state index in [9.17, 15) is 14.1 Å². The summed E-state index contributed by atoms with van der Waals surface area (Å²) in [4.78, 5) is 34.5. The normalized spacial score (nSPS) is 17.2. The van der Waals surface area contributed by atoms with E-state index in [0.29, 0.717) is 76.8 Å². The van der Waals surface area contributed by atoms with Gasteiger partial charge < -0.3 is 29.1 Å². The van der Waals surface area contributed by atoms with Crippen molar-refractivity contribution in [3.8, 4) is 5.75 Å². The summed E-state index contributed by atoms with van der Waals surface area (Å²) in [5.74, 6) is 0.637. The summed E-state index contributed by atoms with van der Waals surface area (Å²) in [6.07, 6.45) is 1.54. The molecule has 3 heterocycles. The van der Waals surface area contributed by atoms with Crippen LogP contribution in [0.2, 0.25) is 0 Å². The lowest BCUT2D eigenvalue weighted by Crippen LogP contribution is -2.40. The van der Waals surface area contributed by atoms with Gasteiger partial charge in [-0.25, -0.2) is 4.98 Å². The minimum Gasteiger partial charge on any atom is -0.606 e. The van der Waals surface area contributed by atoms with Crippen molar-refractivity contribution >= 4 is 40.2 Å². The van der Waals surface area contributed by atoms with E-state index >= 15 is 0 Å². The number of carbonyl (C=O) groups excluding carboxylic acids is 2. The van der Waals surface area contributed by atoms with Crippen LogP contribution >= 0.6 is 0 Å². The maximum Gasteiger partial charge on any atom is 0.263 e. The van der Waals surface area contributed by atoms with Gasteiger partial charge in [-0.15, -0.1) is 0 Å². The minimum absolute atomic E-state index is 0.0734. The molecule has 5 rings (SSSR count). The van der Waals surface area contributed by atoms with Gasteiger partial charge in [0, 0.05) is 42.9 Å². The highest BCUT2D eigenvalue weighted by atomic mass is 32.2. The van der Waals surface area contributed by atoms with Gasteiger partial charge >= 0.3 is 0 Å². The third-order valence-corrected chi connectivity index (χ3v) is 7.60. The predicted octanol–water partition coefficient (Wildman–Crippen LogP) is 3.45. The van der Waals surface area contributed by atoms with Crippen LogP contribution in [0.5, 0.6) is 5.75 Å². The lowest BCUT2D eigenvalue weighted by molar-refractivity contribution is 0.0302. The maximum atomic E-state index is 13.5. The van der Waals surface area contributed by atoms with Crippen LogP contribution in [0, 0.1) is 0 Å². The zero-order chi connectivity index (χ0) is 25.2. The molecule has 1 fully saturated rings. The Balaban J connectivity index is 1.46. The SMILES string of the molecule is CCOc1cc(C(=O)N2CCOCC2)ccc1Nc1cc2c(cn1)N(C)C(=O)c1ccccc1[S+]2[O-]. The molecule has 1 N–H and O–H groups in total. The molecule has 186 valence electrons. The van der Waals surface area contributed by atoms with Gasteiger partial charge in [0.25, 0.3) is 11.8 Å². The number of rotatable bonds is 5. The number of pyridine rings is 1. The Kier molecular flexibility index (Phi) is 6.82. The summed E-state index contributed by atoms with van der Waals surface area (Å²) in [6, 6.07) is 13.8. The van der Waals surface area contributed by atoms with Crippen molar-refractivity contribution in [2.24, 2.45) is 0 Å². The van der Waals surface area contributed by atoms with Gasteiger partial charge in [0.2, 0.25) is 0 Å². The fourth-order valence-corrected chi connectivity index (χ4v) is 5.62. The third kappa shape index (κ3) is 4.50. The Bertz CT molecular complexity index is 1310. The average Bonchev–Trinajstić information content (AvgIpc) is 2.99. The van der Waals surface area contributed by atoms with E-state index in [0.717, 1.165) is 0 Å². The quantitative estimate of drug-likeness (QED) is 0.528. The lowest BCUT2D eigenvalue weighted by Gasteiger charge is -2.27. The molecule has 0 radical (unpaired) electrons. The highest BCUT2D eigenvalue weighted by Crippen LogP contribution is 2.38. The van der Waals surface area contributed by atoms with Crippen molar-refractivity contribution in [3.63, 3.8) is 0 Å². The first-order chi connectivity index (χ1) is 17.5. The molecule has 1 saturated heterocycles. The first-order valence-electron chi connectivity index (χ1n) is 11.7.